The van der Waals surface area contributed by atoms with Crippen LogP contribution in [0, 0.1) is 5.92 Å². The maximum Gasteiger partial charge on any atom is 0.326 e. The molecule has 3 atom stereocenters. The summed E-state index contributed by atoms with van der Waals surface area (Å²) in [6.07, 6.45) is 0.134. The van der Waals surface area contributed by atoms with E-state index >= 15 is 0 Å². The van der Waals surface area contributed by atoms with Gasteiger partial charge in [-0.15, -0.1) is 0 Å². The molecule has 0 radical (unpaired) electrons. The molecule has 0 spiro atoms. The molecule has 0 aromatic rings. The number of amides is 2. The molecule has 1 fully saturated rings. The molecule has 18 heavy (non-hydrogen) atoms. The summed E-state index contributed by atoms with van der Waals surface area (Å²) in [5.74, 6) is -0.783. The Bertz CT molecular complexity index is 319. The molecule has 6 heteroatoms. The number of nitrogens with one attached hydrogen (secondary N) is 1. The van der Waals surface area contributed by atoms with Crippen LogP contribution in [0.5, 0.6) is 0 Å². The Morgan fingerprint density at radius 2 is 2.06 bits per heavy atom. The van der Waals surface area contributed by atoms with Crippen LogP contribution in [0.25, 0.3) is 0 Å². The number of rotatable bonds is 4. The SMILES string of the molecule is CCC(NC(=O)N1CC(O)C[C@H]1C(=O)O)C(C)C. The van der Waals surface area contributed by atoms with Crippen molar-refractivity contribution >= 4 is 12.0 Å². The first-order valence-corrected chi connectivity index (χ1v) is 6.34. The molecular weight excluding hydrogens is 236 g/mol. The molecule has 3 N–H and O–H groups in total. The minimum Gasteiger partial charge on any atom is -0.480 e. The highest BCUT2D eigenvalue weighted by molar-refractivity contribution is 5.83. The molecule has 1 aliphatic rings. The smallest absolute Gasteiger partial charge is 0.326 e. The standard InChI is InChI=1S/C12H22N2O4/c1-4-9(7(2)3)13-12(18)14-6-8(15)5-10(14)11(16)17/h7-10,15H,4-6H2,1-3H3,(H,13,18)(H,16,17)/t8?,9?,10-/m0/s1. The van der Waals surface area contributed by atoms with Gasteiger partial charge in [-0.05, 0) is 12.3 Å². The minimum atomic E-state index is -1.07. The number of carboxylic acid groups (broad SMARTS) is 1. The van der Waals surface area contributed by atoms with Crippen molar-refractivity contribution < 1.29 is 19.8 Å². The Labute approximate surface area is 107 Å². The van der Waals surface area contributed by atoms with Gasteiger partial charge in [0.2, 0.25) is 0 Å². The Hall–Kier alpha value is -1.30. The molecule has 0 aromatic heterocycles. The van der Waals surface area contributed by atoms with Crippen molar-refractivity contribution in [2.75, 3.05) is 6.54 Å². The topological polar surface area (TPSA) is 89.9 Å². The third-order valence-electron chi connectivity index (χ3n) is 3.38. The third kappa shape index (κ3) is 3.35. The van der Waals surface area contributed by atoms with Crippen LogP contribution in [-0.4, -0.2) is 51.8 Å². The van der Waals surface area contributed by atoms with Gasteiger partial charge in [-0.2, -0.15) is 0 Å². The average Bonchev–Trinajstić information content (AvgIpc) is 2.67. The fraction of sp³-hybridized carbons (Fsp3) is 0.833. The van der Waals surface area contributed by atoms with Crippen molar-refractivity contribution in [2.45, 2.75) is 51.8 Å². The van der Waals surface area contributed by atoms with E-state index < -0.39 is 24.1 Å². The highest BCUT2D eigenvalue weighted by Crippen LogP contribution is 2.19. The molecule has 0 aliphatic carbocycles. The lowest BCUT2D eigenvalue weighted by Gasteiger charge is -2.27. The van der Waals surface area contributed by atoms with Crippen molar-refractivity contribution in [1.82, 2.24) is 10.2 Å². The number of carbonyl (C=O) groups excluding carboxylic acids is 1. The number of β-amino-alcohol motifs (C(OH)–C–C–N with tert-alkyl or cyclic N) is 1. The first-order valence-electron chi connectivity index (χ1n) is 6.34. The van der Waals surface area contributed by atoms with Gasteiger partial charge >= 0.3 is 12.0 Å². The summed E-state index contributed by atoms with van der Waals surface area (Å²) in [5.41, 5.74) is 0. The number of hydrogen-bond donors (Lipinski definition) is 3. The first kappa shape index (κ1) is 14.8. The fourth-order valence-electron chi connectivity index (χ4n) is 2.25. The van der Waals surface area contributed by atoms with Crippen LogP contribution in [0.3, 0.4) is 0 Å². The van der Waals surface area contributed by atoms with Crippen molar-refractivity contribution in [2.24, 2.45) is 5.92 Å². The molecule has 2 amide bonds. The minimum absolute atomic E-state index is 0.0182. The highest BCUT2D eigenvalue weighted by atomic mass is 16.4. The molecule has 1 heterocycles. The van der Waals surface area contributed by atoms with Crippen LogP contribution < -0.4 is 5.32 Å². The monoisotopic (exact) mass is 258 g/mol. The summed E-state index contributed by atoms with van der Waals surface area (Å²) in [6.45, 7) is 6.06. The molecule has 0 aromatic carbocycles. The molecule has 6 nitrogen and oxygen atoms in total. The Kier molecular flexibility index (Phi) is 4.95. The molecular formula is C12H22N2O4. The van der Waals surface area contributed by atoms with Crippen molar-refractivity contribution in [3.63, 3.8) is 0 Å². The van der Waals surface area contributed by atoms with Gasteiger partial charge < -0.3 is 20.4 Å². The van der Waals surface area contributed by atoms with Gasteiger partial charge in [-0.1, -0.05) is 20.8 Å². The first-order chi connectivity index (χ1) is 8.36. The van der Waals surface area contributed by atoms with E-state index in [0.29, 0.717) is 0 Å². The highest BCUT2D eigenvalue weighted by Gasteiger charge is 2.39. The largest absolute Gasteiger partial charge is 0.480 e. The van der Waals surface area contributed by atoms with Crippen molar-refractivity contribution in [3.8, 4) is 0 Å². The second kappa shape index (κ2) is 6.04. The second-order valence-corrected chi connectivity index (χ2v) is 5.10. The quantitative estimate of drug-likeness (QED) is 0.690. The molecule has 1 aliphatic heterocycles. The maximum atomic E-state index is 12.0. The van der Waals surface area contributed by atoms with E-state index in [1.807, 2.05) is 20.8 Å². The molecule has 0 bridgehead atoms. The van der Waals surface area contributed by atoms with E-state index in [9.17, 15) is 14.7 Å². The lowest BCUT2D eigenvalue weighted by molar-refractivity contribution is -0.141. The number of hydrogen-bond acceptors (Lipinski definition) is 3. The molecule has 1 rings (SSSR count). The number of aliphatic hydroxyl groups excluding tert-OH is 1. The molecule has 2 unspecified atom stereocenters. The van der Waals surface area contributed by atoms with Gasteiger partial charge in [0, 0.05) is 19.0 Å². The van der Waals surface area contributed by atoms with Gasteiger partial charge in [-0.3, -0.25) is 0 Å². The van der Waals surface area contributed by atoms with Crippen LogP contribution in [0.2, 0.25) is 0 Å². The van der Waals surface area contributed by atoms with Crippen LogP contribution in [0.15, 0.2) is 0 Å². The van der Waals surface area contributed by atoms with E-state index in [2.05, 4.69) is 5.32 Å². The summed E-state index contributed by atoms with van der Waals surface area (Å²) < 4.78 is 0. The predicted molar refractivity (Wildman–Crippen MR) is 66.2 cm³/mol. The zero-order chi connectivity index (χ0) is 13.9. The average molecular weight is 258 g/mol. The number of likely N-dealkylation sites (tertiary alicyclic amines) is 1. The van der Waals surface area contributed by atoms with Crippen LogP contribution >= 0.6 is 0 Å². The third-order valence-corrected chi connectivity index (χ3v) is 3.38. The lowest BCUT2D eigenvalue weighted by atomic mass is 10.0. The van der Waals surface area contributed by atoms with Gasteiger partial charge in [0.25, 0.3) is 0 Å². The summed E-state index contributed by atoms with van der Waals surface area (Å²) in [5, 5.41) is 21.3. The molecule has 1 saturated heterocycles. The van der Waals surface area contributed by atoms with Crippen molar-refractivity contribution in [3.05, 3.63) is 0 Å². The van der Waals surface area contributed by atoms with Gasteiger partial charge in [-0.25, -0.2) is 9.59 Å². The van der Waals surface area contributed by atoms with Gasteiger partial charge in [0.1, 0.15) is 6.04 Å². The number of carboxylic acids is 1. The van der Waals surface area contributed by atoms with E-state index in [1.165, 1.54) is 4.90 Å². The van der Waals surface area contributed by atoms with Crippen LogP contribution in [0.1, 0.15) is 33.6 Å². The Morgan fingerprint density at radius 1 is 1.44 bits per heavy atom. The summed E-state index contributed by atoms with van der Waals surface area (Å²) in [6, 6.07) is -1.31. The number of aliphatic carboxylic acids is 1. The predicted octanol–water partition coefficient (Wildman–Crippen LogP) is 0.650. The Morgan fingerprint density at radius 3 is 2.50 bits per heavy atom. The summed E-state index contributed by atoms with van der Waals surface area (Å²) in [4.78, 5) is 24.2. The number of urea groups is 1. The maximum absolute atomic E-state index is 12.0. The van der Waals surface area contributed by atoms with Crippen LogP contribution in [0.4, 0.5) is 4.79 Å². The number of carbonyl (C=O) groups is 2. The summed E-state index contributed by atoms with van der Waals surface area (Å²) >= 11 is 0. The van der Waals surface area contributed by atoms with E-state index in [0.717, 1.165) is 6.42 Å². The van der Waals surface area contributed by atoms with E-state index in [1.54, 1.807) is 0 Å². The van der Waals surface area contributed by atoms with Gasteiger partial charge in [0.15, 0.2) is 0 Å². The second-order valence-electron chi connectivity index (χ2n) is 5.10. The molecule has 104 valence electrons. The zero-order valence-electron chi connectivity index (χ0n) is 11.1. The lowest BCUT2D eigenvalue weighted by Crippen LogP contribution is -2.50. The normalized spacial score (nSPS) is 25.3. The zero-order valence-corrected chi connectivity index (χ0v) is 11.1. The van der Waals surface area contributed by atoms with Crippen LogP contribution in [-0.2, 0) is 4.79 Å². The number of nitrogens with zero attached hydrogens (tertiary/aromatic N) is 1. The van der Waals surface area contributed by atoms with Gasteiger partial charge in [0.05, 0.1) is 6.10 Å². The fourth-order valence-corrected chi connectivity index (χ4v) is 2.25. The van der Waals surface area contributed by atoms with E-state index in [4.69, 9.17) is 5.11 Å². The summed E-state index contributed by atoms with van der Waals surface area (Å²) in [7, 11) is 0. The number of aliphatic hydroxyl groups is 1. The molecule has 0 saturated carbocycles. The van der Waals surface area contributed by atoms with E-state index in [-0.39, 0.29) is 24.9 Å². The van der Waals surface area contributed by atoms with Crippen molar-refractivity contribution in [1.29, 1.82) is 0 Å². The Balaban J connectivity index is 2.68.